The molecule has 0 aliphatic rings. The lowest BCUT2D eigenvalue weighted by atomic mass is 10.1. The highest BCUT2D eigenvalue weighted by Gasteiger charge is 2.13. The highest BCUT2D eigenvalue weighted by atomic mass is 35.5. The van der Waals surface area contributed by atoms with Crippen molar-refractivity contribution in [1.82, 2.24) is 9.97 Å². The maximum atomic E-state index is 11.8. The lowest BCUT2D eigenvalue weighted by Crippen LogP contribution is -2.03. The Hall–Kier alpha value is -3.44. The average Bonchev–Trinajstić information content (AvgIpc) is 2.73. The van der Waals surface area contributed by atoms with Gasteiger partial charge in [-0.15, -0.1) is 0 Å². The van der Waals surface area contributed by atoms with E-state index in [9.17, 15) is 4.79 Å². The lowest BCUT2D eigenvalue weighted by Gasteiger charge is -2.12. The van der Waals surface area contributed by atoms with Crippen LogP contribution in [0.5, 0.6) is 0 Å². The summed E-state index contributed by atoms with van der Waals surface area (Å²) >= 11 is 6.34. The normalized spacial score (nSPS) is 10.6. The second kappa shape index (κ2) is 7.66. The zero-order valence-electron chi connectivity index (χ0n) is 15.0. The van der Waals surface area contributed by atoms with Gasteiger partial charge in [0.25, 0.3) is 0 Å². The number of anilines is 2. The van der Waals surface area contributed by atoms with Gasteiger partial charge < -0.3 is 10.1 Å². The molecule has 0 aliphatic carbocycles. The molecule has 0 atom stereocenters. The molecule has 3 aromatic carbocycles. The van der Waals surface area contributed by atoms with Crippen LogP contribution in [0.15, 0.2) is 72.8 Å². The van der Waals surface area contributed by atoms with Crippen molar-refractivity contribution in [2.75, 3.05) is 12.4 Å². The minimum Gasteiger partial charge on any atom is -0.465 e. The smallest absolute Gasteiger partial charge is 0.337 e. The van der Waals surface area contributed by atoms with Gasteiger partial charge in [-0.05, 0) is 42.5 Å². The van der Waals surface area contributed by atoms with Gasteiger partial charge in [0.2, 0.25) is 0 Å². The van der Waals surface area contributed by atoms with Gasteiger partial charge >= 0.3 is 5.97 Å². The molecule has 138 valence electrons. The Morgan fingerprint density at radius 2 is 1.75 bits per heavy atom. The number of fused-ring (bicyclic) bond motifs is 1. The van der Waals surface area contributed by atoms with Gasteiger partial charge in [-0.2, -0.15) is 0 Å². The Morgan fingerprint density at radius 1 is 0.964 bits per heavy atom. The van der Waals surface area contributed by atoms with E-state index in [4.69, 9.17) is 21.3 Å². The predicted octanol–water partition coefficient (Wildman–Crippen LogP) is 5.48. The van der Waals surface area contributed by atoms with E-state index < -0.39 is 5.97 Å². The number of nitrogens with zero attached hydrogens (tertiary/aromatic N) is 2. The number of ether oxygens (including phenoxy) is 1. The van der Waals surface area contributed by atoms with Gasteiger partial charge in [0.15, 0.2) is 5.82 Å². The number of nitrogens with one attached hydrogen (secondary N) is 1. The number of carbonyl (C=O) groups excluding carboxylic acids is 1. The maximum absolute atomic E-state index is 11.8. The summed E-state index contributed by atoms with van der Waals surface area (Å²) in [6, 6.07) is 22.2. The zero-order valence-corrected chi connectivity index (χ0v) is 15.8. The van der Waals surface area contributed by atoms with Gasteiger partial charge in [0.05, 0.1) is 23.2 Å². The standard InChI is InChI=1S/C22H16ClN3O2/c1-28-22(27)14-7-6-8-15(13-14)24-21-17-10-3-5-12-19(17)25-20(26-21)16-9-2-4-11-18(16)23/h2-13H,1H3,(H,24,25,26). The number of hydrogen-bond acceptors (Lipinski definition) is 5. The fraction of sp³-hybridized carbons (Fsp3) is 0.0455. The summed E-state index contributed by atoms with van der Waals surface area (Å²) in [5, 5.41) is 4.74. The van der Waals surface area contributed by atoms with Crippen molar-refractivity contribution < 1.29 is 9.53 Å². The third kappa shape index (κ3) is 3.52. The van der Waals surface area contributed by atoms with Crippen LogP contribution in [0.4, 0.5) is 11.5 Å². The summed E-state index contributed by atoms with van der Waals surface area (Å²) < 4.78 is 4.79. The summed E-state index contributed by atoms with van der Waals surface area (Å²) in [5.41, 5.74) is 2.72. The van der Waals surface area contributed by atoms with E-state index in [0.717, 1.165) is 22.2 Å². The van der Waals surface area contributed by atoms with Crippen LogP contribution in [0.1, 0.15) is 10.4 Å². The summed E-state index contributed by atoms with van der Waals surface area (Å²) in [4.78, 5) is 21.2. The van der Waals surface area contributed by atoms with E-state index in [1.54, 1.807) is 18.2 Å². The third-order valence-corrected chi connectivity index (χ3v) is 4.59. The van der Waals surface area contributed by atoms with Crippen molar-refractivity contribution in [1.29, 1.82) is 0 Å². The molecule has 6 heteroatoms. The first-order valence-electron chi connectivity index (χ1n) is 8.63. The molecule has 0 saturated carbocycles. The number of rotatable bonds is 4. The van der Waals surface area contributed by atoms with Gasteiger partial charge in [-0.1, -0.05) is 41.9 Å². The first-order chi connectivity index (χ1) is 13.7. The molecular weight excluding hydrogens is 374 g/mol. The van der Waals surface area contributed by atoms with Crippen LogP contribution in [-0.2, 0) is 4.74 Å². The highest BCUT2D eigenvalue weighted by molar-refractivity contribution is 6.33. The van der Waals surface area contributed by atoms with Gasteiger partial charge in [-0.3, -0.25) is 0 Å². The summed E-state index contributed by atoms with van der Waals surface area (Å²) in [5.74, 6) is 0.756. The second-order valence-corrected chi connectivity index (χ2v) is 6.50. The Kier molecular flexibility index (Phi) is 4.91. The molecule has 0 amide bonds. The SMILES string of the molecule is COC(=O)c1cccc(Nc2nc(-c3ccccc3Cl)nc3ccccc23)c1. The number of benzene rings is 3. The lowest BCUT2D eigenvalue weighted by molar-refractivity contribution is 0.0601. The van der Waals surface area contributed by atoms with Crippen LogP contribution >= 0.6 is 11.6 Å². The van der Waals surface area contributed by atoms with Crippen LogP contribution in [0.3, 0.4) is 0 Å². The topological polar surface area (TPSA) is 64.1 Å². The highest BCUT2D eigenvalue weighted by Crippen LogP contribution is 2.30. The van der Waals surface area contributed by atoms with Crippen molar-refractivity contribution in [3.05, 3.63) is 83.4 Å². The van der Waals surface area contributed by atoms with Crippen LogP contribution in [-0.4, -0.2) is 23.0 Å². The van der Waals surface area contributed by atoms with E-state index >= 15 is 0 Å². The van der Waals surface area contributed by atoms with Crippen molar-refractivity contribution in [3.63, 3.8) is 0 Å². The molecule has 1 heterocycles. The number of esters is 1. The predicted molar refractivity (Wildman–Crippen MR) is 111 cm³/mol. The summed E-state index contributed by atoms with van der Waals surface area (Å²) in [6.45, 7) is 0. The van der Waals surface area contributed by atoms with E-state index in [1.807, 2.05) is 54.6 Å². The molecule has 4 aromatic rings. The fourth-order valence-electron chi connectivity index (χ4n) is 2.91. The van der Waals surface area contributed by atoms with Crippen molar-refractivity contribution in [2.45, 2.75) is 0 Å². The number of aromatic nitrogens is 2. The molecule has 5 nitrogen and oxygen atoms in total. The van der Waals surface area contributed by atoms with Crippen molar-refractivity contribution in [2.24, 2.45) is 0 Å². The number of halogens is 1. The quantitative estimate of drug-likeness (QED) is 0.468. The van der Waals surface area contributed by atoms with Gasteiger partial charge in [0.1, 0.15) is 5.82 Å². The molecule has 0 radical (unpaired) electrons. The molecule has 0 bridgehead atoms. The fourth-order valence-corrected chi connectivity index (χ4v) is 3.13. The van der Waals surface area contributed by atoms with Gasteiger partial charge in [-0.25, -0.2) is 14.8 Å². The second-order valence-electron chi connectivity index (χ2n) is 6.09. The molecule has 1 aromatic heterocycles. The molecule has 0 aliphatic heterocycles. The molecule has 0 saturated heterocycles. The van der Waals surface area contributed by atoms with Crippen LogP contribution in [0, 0.1) is 0 Å². The molecule has 1 N–H and O–H groups in total. The summed E-state index contributed by atoms with van der Waals surface area (Å²) in [7, 11) is 1.36. The largest absolute Gasteiger partial charge is 0.465 e. The number of para-hydroxylation sites is 1. The molecule has 0 spiro atoms. The molecule has 0 fully saturated rings. The number of carbonyl (C=O) groups is 1. The first-order valence-corrected chi connectivity index (χ1v) is 9.00. The zero-order chi connectivity index (χ0) is 19.5. The Bertz CT molecular complexity index is 1180. The van der Waals surface area contributed by atoms with Gasteiger partial charge in [0, 0.05) is 16.6 Å². The molecule has 4 rings (SSSR count). The number of methoxy groups -OCH3 is 1. The molecular formula is C22H16ClN3O2. The summed E-state index contributed by atoms with van der Waals surface area (Å²) in [6.07, 6.45) is 0. The Labute approximate surface area is 167 Å². The average molecular weight is 390 g/mol. The van der Waals surface area contributed by atoms with Crippen LogP contribution < -0.4 is 5.32 Å². The Morgan fingerprint density at radius 3 is 2.57 bits per heavy atom. The first kappa shape index (κ1) is 17.9. The minimum atomic E-state index is -0.395. The maximum Gasteiger partial charge on any atom is 0.337 e. The van der Waals surface area contributed by atoms with Crippen LogP contribution in [0.25, 0.3) is 22.3 Å². The van der Waals surface area contributed by atoms with Crippen molar-refractivity contribution >= 4 is 40.0 Å². The Balaban J connectivity index is 1.82. The number of hydrogen-bond donors (Lipinski definition) is 1. The molecule has 0 unspecified atom stereocenters. The minimum absolute atomic E-state index is 0.395. The van der Waals surface area contributed by atoms with E-state index in [-0.39, 0.29) is 0 Å². The monoisotopic (exact) mass is 389 g/mol. The van der Waals surface area contributed by atoms with E-state index in [1.165, 1.54) is 7.11 Å². The van der Waals surface area contributed by atoms with E-state index in [0.29, 0.717) is 22.2 Å². The molecule has 28 heavy (non-hydrogen) atoms. The third-order valence-electron chi connectivity index (χ3n) is 4.26. The van der Waals surface area contributed by atoms with E-state index in [2.05, 4.69) is 10.3 Å². The van der Waals surface area contributed by atoms with Crippen LogP contribution in [0.2, 0.25) is 5.02 Å². The van der Waals surface area contributed by atoms with Crippen molar-refractivity contribution in [3.8, 4) is 11.4 Å².